The van der Waals surface area contributed by atoms with E-state index in [-0.39, 0.29) is 24.0 Å². The summed E-state index contributed by atoms with van der Waals surface area (Å²) in [7, 11) is 0. The van der Waals surface area contributed by atoms with Gasteiger partial charge >= 0.3 is 0 Å². The summed E-state index contributed by atoms with van der Waals surface area (Å²) in [6.45, 7) is 10.4. The van der Waals surface area contributed by atoms with Crippen molar-refractivity contribution in [3.63, 3.8) is 0 Å². The van der Waals surface area contributed by atoms with Crippen molar-refractivity contribution in [2.75, 3.05) is 18.5 Å². The monoisotopic (exact) mass is 638 g/mol. The van der Waals surface area contributed by atoms with Gasteiger partial charge in [0.15, 0.2) is 12.4 Å². The molecule has 1 N–H and O–H groups in total. The minimum Gasteiger partial charge on any atom is -0.494 e. The number of fused-ring (bicyclic) bond motifs is 2. The average molecular weight is 639 g/mol. The van der Waals surface area contributed by atoms with E-state index < -0.39 is 0 Å². The third kappa shape index (κ3) is 6.55. The van der Waals surface area contributed by atoms with Crippen molar-refractivity contribution >= 4 is 39.5 Å². The summed E-state index contributed by atoms with van der Waals surface area (Å²) in [4.78, 5) is 32.0. The van der Waals surface area contributed by atoms with Crippen molar-refractivity contribution in [2.45, 2.75) is 40.5 Å². The van der Waals surface area contributed by atoms with Gasteiger partial charge < -0.3 is 14.8 Å². The van der Waals surface area contributed by atoms with Crippen molar-refractivity contribution in [1.82, 2.24) is 9.66 Å². The van der Waals surface area contributed by atoms with Crippen LogP contribution in [-0.2, 0) is 4.79 Å². The number of anilines is 1. The van der Waals surface area contributed by atoms with Crippen LogP contribution in [0.1, 0.15) is 48.9 Å². The Hall–Kier alpha value is -5.76. The number of hydrogen-bond acceptors (Lipinski definition) is 6. The Bertz CT molecular complexity index is 2240. The maximum absolute atomic E-state index is 14.1. The lowest BCUT2D eigenvalue weighted by Gasteiger charge is -2.18. The van der Waals surface area contributed by atoms with Crippen LogP contribution in [0.25, 0.3) is 33.1 Å². The van der Waals surface area contributed by atoms with Gasteiger partial charge in [-0.1, -0.05) is 74.5 Å². The molecule has 5 aromatic carbocycles. The molecule has 0 saturated carbocycles. The fourth-order valence-corrected chi connectivity index (χ4v) is 5.77. The predicted octanol–water partition coefficient (Wildman–Crippen LogP) is 8.26. The maximum Gasteiger partial charge on any atom is 0.282 e. The molecule has 1 heterocycles. The first-order valence-corrected chi connectivity index (χ1v) is 16.1. The van der Waals surface area contributed by atoms with Gasteiger partial charge in [-0.05, 0) is 90.6 Å². The minimum absolute atomic E-state index is 0.174. The van der Waals surface area contributed by atoms with Gasteiger partial charge in [-0.25, -0.2) is 4.98 Å². The quantitative estimate of drug-likeness (QED) is 0.153. The topological polar surface area (TPSA) is 94.8 Å². The Morgan fingerprint density at radius 3 is 2.38 bits per heavy atom. The zero-order chi connectivity index (χ0) is 33.8. The van der Waals surface area contributed by atoms with Crippen molar-refractivity contribution in [1.29, 1.82) is 0 Å². The fraction of sp³-hybridized carbons (Fsp3) is 0.200. The lowest BCUT2D eigenvalue weighted by Crippen LogP contribution is -2.21. The third-order valence-electron chi connectivity index (χ3n) is 8.28. The highest BCUT2D eigenvalue weighted by Gasteiger charge is 2.19. The van der Waals surface area contributed by atoms with Crippen LogP contribution in [-0.4, -0.2) is 35.0 Å². The standard InChI is InChI=1S/C40H38N4O4/c1-6-47-37-21-27(5)32(22-31(37)25(2)3)39-43-35-18-12-10-16-30(35)40(46)44(39)41-23-33-29-15-9-8-14-28(29)19-20-36(33)48-24-38(45)42-34-17-11-7-13-26(34)4/h7-23,25H,6,24H2,1-5H3,(H,42,45). The second-order valence-electron chi connectivity index (χ2n) is 12.0. The van der Waals surface area contributed by atoms with Crippen LogP contribution in [0.5, 0.6) is 11.5 Å². The highest BCUT2D eigenvalue weighted by molar-refractivity contribution is 6.03. The highest BCUT2D eigenvalue weighted by atomic mass is 16.5. The number of para-hydroxylation sites is 2. The average Bonchev–Trinajstić information content (AvgIpc) is 3.08. The molecule has 0 bridgehead atoms. The Morgan fingerprint density at radius 2 is 1.60 bits per heavy atom. The van der Waals surface area contributed by atoms with Crippen LogP contribution < -0.4 is 20.3 Å². The lowest BCUT2D eigenvalue weighted by atomic mass is 9.96. The van der Waals surface area contributed by atoms with E-state index in [2.05, 4.69) is 19.2 Å². The first kappa shape index (κ1) is 32.2. The van der Waals surface area contributed by atoms with Gasteiger partial charge in [0.25, 0.3) is 11.5 Å². The first-order chi connectivity index (χ1) is 23.2. The van der Waals surface area contributed by atoms with Gasteiger partial charge in [0.1, 0.15) is 11.5 Å². The molecule has 1 aromatic heterocycles. The van der Waals surface area contributed by atoms with Crippen LogP contribution in [0.3, 0.4) is 0 Å². The first-order valence-electron chi connectivity index (χ1n) is 16.1. The Morgan fingerprint density at radius 1 is 0.875 bits per heavy atom. The molecule has 8 heteroatoms. The van der Waals surface area contributed by atoms with E-state index in [0.29, 0.717) is 34.6 Å². The number of nitrogens with zero attached hydrogens (tertiary/aromatic N) is 3. The van der Waals surface area contributed by atoms with Gasteiger partial charge in [-0.3, -0.25) is 9.59 Å². The molecule has 0 aliphatic carbocycles. The van der Waals surface area contributed by atoms with Crippen LogP contribution >= 0.6 is 0 Å². The van der Waals surface area contributed by atoms with Crippen molar-refractivity contribution in [2.24, 2.45) is 5.10 Å². The molecule has 6 aromatic rings. The van der Waals surface area contributed by atoms with Crippen molar-refractivity contribution < 1.29 is 14.3 Å². The molecule has 1 amide bonds. The summed E-state index contributed by atoms with van der Waals surface area (Å²) in [6.07, 6.45) is 1.62. The number of carbonyl (C=O) groups is 1. The summed E-state index contributed by atoms with van der Waals surface area (Å²) in [5.74, 6) is 1.58. The van der Waals surface area contributed by atoms with Gasteiger partial charge in [0.05, 0.1) is 23.7 Å². The van der Waals surface area contributed by atoms with Crippen LogP contribution in [0, 0.1) is 13.8 Å². The van der Waals surface area contributed by atoms with E-state index in [9.17, 15) is 9.59 Å². The minimum atomic E-state index is -0.299. The molecule has 0 radical (unpaired) electrons. The highest BCUT2D eigenvalue weighted by Crippen LogP contribution is 2.34. The summed E-state index contributed by atoms with van der Waals surface area (Å²) in [5, 5.41) is 9.99. The molecule has 6 rings (SSSR count). The van der Waals surface area contributed by atoms with E-state index in [4.69, 9.17) is 19.6 Å². The molecule has 242 valence electrons. The third-order valence-corrected chi connectivity index (χ3v) is 8.28. The van der Waals surface area contributed by atoms with Gasteiger partial charge in [0.2, 0.25) is 0 Å². The largest absolute Gasteiger partial charge is 0.494 e. The summed E-state index contributed by atoms with van der Waals surface area (Å²) >= 11 is 0. The van der Waals surface area contributed by atoms with E-state index in [1.165, 1.54) is 4.68 Å². The fourth-order valence-electron chi connectivity index (χ4n) is 5.77. The molecule has 48 heavy (non-hydrogen) atoms. The summed E-state index contributed by atoms with van der Waals surface area (Å²) < 4.78 is 13.4. The normalized spacial score (nSPS) is 11.5. The van der Waals surface area contributed by atoms with Gasteiger partial charge in [0, 0.05) is 16.8 Å². The number of carbonyl (C=O) groups excluding carboxylic acids is 1. The second-order valence-corrected chi connectivity index (χ2v) is 12.0. The Kier molecular flexibility index (Phi) is 9.34. The zero-order valence-electron chi connectivity index (χ0n) is 27.8. The number of benzene rings is 5. The lowest BCUT2D eigenvalue weighted by molar-refractivity contribution is -0.118. The molecule has 0 fully saturated rings. The molecule has 0 atom stereocenters. The van der Waals surface area contributed by atoms with Crippen molar-refractivity contribution in [3.8, 4) is 22.9 Å². The number of ether oxygens (including phenoxy) is 2. The van der Waals surface area contributed by atoms with E-state index in [1.54, 1.807) is 12.3 Å². The number of hydrogen-bond donors (Lipinski definition) is 1. The summed E-state index contributed by atoms with van der Waals surface area (Å²) in [5.41, 5.74) is 5.30. The zero-order valence-corrected chi connectivity index (χ0v) is 27.8. The van der Waals surface area contributed by atoms with E-state index in [1.807, 2.05) is 112 Å². The maximum atomic E-state index is 14.1. The van der Waals surface area contributed by atoms with Gasteiger partial charge in [-0.2, -0.15) is 9.78 Å². The molecule has 0 unspecified atom stereocenters. The molecular formula is C40H38N4O4. The molecular weight excluding hydrogens is 600 g/mol. The van der Waals surface area contributed by atoms with E-state index in [0.717, 1.165) is 44.5 Å². The van der Waals surface area contributed by atoms with Crippen LogP contribution in [0.2, 0.25) is 0 Å². The smallest absolute Gasteiger partial charge is 0.282 e. The number of amides is 1. The van der Waals surface area contributed by atoms with E-state index >= 15 is 0 Å². The predicted molar refractivity (Wildman–Crippen MR) is 194 cm³/mol. The molecule has 0 saturated heterocycles. The molecule has 8 nitrogen and oxygen atoms in total. The number of nitrogens with one attached hydrogen (secondary N) is 1. The Balaban J connectivity index is 1.46. The molecule has 0 spiro atoms. The van der Waals surface area contributed by atoms with Crippen molar-refractivity contribution in [3.05, 3.63) is 130 Å². The van der Waals surface area contributed by atoms with Crippen LogP contribution in [0.4, 0.5) is 5.69 Å². The number of aromatic nitrogens is 2. The number of aryl methyl sites for hydroxylation is 2. The van der Waals surface area contributed by atoms with Gasteiger partial charge in [-0.15, -0.1) is 0 Å². The second kappa shape index (κ2) is 13.9. The Labute approximate surface area is 279 Å². The summed E-state index contributed by atoms with van der Waals surface area (Å²) in [6, 6.07) is 30.5. The molecule has 0 aliphatic heterocycles. The number of rotatable bonds is 10. The SMILES string of the molecule is CCOc1cc(C)c(-c2nc3ccccc3c(=O)n2N=Cc2c(OCC(=O)Nc3ccccc3C)ccc3ccccc23)cc1C(C)C. The van der Waals surface area contributed by atoms with Crippen LogP contribution in [0.15, 0.2) is 107 Å². The molecule has 0 aliphatic rings.